The number of thioether (sulfide) groups is 1. The van der Waals surface area contributed by atoms with Gasteiger partial charge in [-0.25, -0.2) is 9.78 Å². The van der Waals surface area contributed by atoms with Crippen LogP contribution in [-0.2, 0) is 16.1 Å². The Balaban J connectivity index is 1.75. The molecule has 0 radical (unpaired) electrons. The van der Waals surface area contributed by atoms with Crippen molar-refractivity contribution in [1.29, 1.82) is 0 Å². The van der Waals surface area contributed by atoms with Gasteiger partial charge in [-0.15, -0.1) is 0 Å². The van der Waals surface area contributed by atoms with Crippen molar-refractivity contribution in [1.82, 2.24) is 9.55 Å². The first-order chi connectivity index (χ1) is 14.8. The van der Waals surface area contributed by atoms with E-state index in [1.807, 2.05) is 11.5 Å². The maximum Gasteiger partial charge on any atom is 0.338 e. The molecule has 1 amide bonds. The Morgan fingerprint density at radius 1 is 1.26 bits per heavy atom. The number of non-ortho nitro benzene ring substituents is 1. The minimum absolute atomic E-state index is 0.0209. The van der Waals surface area contributed by atoms with E-state index in [0.717, 1.165) is 5.52 Å². The highest BCUT2D eigenvalue weighted by Gasteiger charge is 2.16. The van der Waals surface area contributed by atoms with E-state index >= 15 is 0 Å². The van der Waals surface area contributed by atoms with Crippen LogP contribution in [0, 0.1) is 10.1 Å². The van der Waals surface area contributed by atoms with Crippen LogP contribution in [0.4, 0.5) is 11.4 Å². The molecule has 0 aliphatic heterocycles. The second-order valence-corrected chi connectivity index (χ2v) is 7.67. The van der Waals surface area contributed by atoms with Crippen LogP contribution < -0.4 is 5.32 Å². The third kappa shape index (κ3) is 5.15. The zero-order chi connectivity index (χ0) is 22.5. The van der Waals surface area contributed by atoms with Gasteiger partial charge in [-0.1, -0.05) is 23.4 Å². The summed E-state index contributed by atoms with van der Waals surface area (Å²) in [6, 6.07) is 8.97. The second kappa shape index (κ2) is 9.80. The monoisotopic (exact) mass is 462 g/mol. The predicted molar refractivity (Wildman–Crippen MR) is 119 cm³/mol. The first-order valence-electron chi connectivity index (χ1n) is 9.38. The van der Waals surface area contributed by atoms with Crippen molar-refractivity contribution in [2.75, 3.05) is 17.7 Å². The Morgan fingerprint density at radius 2 is 2.03 bits per heavy atom. The Bertz CT molecular complexity index is 1160. The molecule has 0 fully saturated rings. The lowest BCUT2D eigenvalue weighted by molar-refractivity contribution is -0.384. The molecule has 0 aliphatic carbocycles. The van der Waals surface area contributed by atoms with Crippen molar-refractivity contribution >= 4 is 57.6 Å². The lowest BCUT2D eigenvalue weighted by atomic mass is 10.2. The van der Waals surface area contributed by atoms with Crippen LogP contribution in [0.3, 0.4) is 0 Å². The van der Waals surface area contributed by atoms with Crippen molar-refractivity contribution in [3.05, 3.63) is 57.1 Å². The minimum Gasteiger partial charge on any atom is -0.462 e. The number of nitrogens with one attached hydrogen (secondary N) is 1. The van der Waals surface area contributed by atoms with Gasteiger partial charge in [0.15, 0.2) is 5.16 Å². The standard InChI is InChI=1S/C20H19ClN4O5S/c1-3-24-17-8-5-12(19(27)30-4-2)9-16(17)23-20(24)31-11-18(26)22-15-10-13(25(28)29)6-7-14(15)21/h5-10H,3-4,11H2,1-2H3,(H,22,26). The number of carbonyl (C=O) groups is 2. The first kappa shape index (κ1) is 22.6. The number of benzene rings is 2. The summed E-state index contributed by atoms with van der Waals surface area (Å²) in [5.74, 6) is -0.778. The van der Waals surface area contributed by atoms with Crippen LogP contribution in [0.2, 0.25) is 5.02 Å². The molecule has 1 heterocycles. The number of hydrogen-bond donors (Lipinski definition) is 1. The average molecular weight is 463 g/mol. The van der Waals surface area contributed by atoms with E-state index in [4.69, 9.17) is 16.3 Å². The van der Waals surface area contributed by atoms with Crippen molar-refractivity contribution < 1.29 is 19.2 Å². The van der Waals surface area contributed by atoms with Crippen LogP contribution in [-0.4, -0.2) is 38.7 Å². The summed E-state index contributed by atoms with van der Waals surface area (Å²) in [4.78, 5) is 39.3. The predicted octanol–water partition coefficient (Wildman–Crippen LogP) is 4.53. The van der Waals surface area contributed by atoms with Gasteiger partial charge in [0.25, 0.3) is 5.69 Å². The normalized spacial score (nSPS) is 10.8. The van der Waals surface area contributed by atoms with Gasteiger partial charge >= 0.3 is 5.97 Å². The molecule has 11 heteroatoms. The fourth-order valence-corrected chi connectivity index (χ4v) is 3.95. The fraction of sp³-hybridized carbons (Fsp3) is 0.250. The number of esters is 1. The summed E-state index contributed by atoms with van der Waals surface area (Å²) >= 11 is 7.24. The molecule has 1 N–H and O–H groups in total. The number of nitro benzene ring substituents is 1. The second-order valence-electron chi connectivity index (χ2n) is 6.32. The molecule has 0 saturated carbocycles. The largest absolute Gasteiger partial charge is 0.462 e. The number of anilines is 1. The smallest absolute Gasteiger partial charge is 0.338 e. The molecule has 0 unspecified atom stereocenters. The SMILES string of the molecule is CCOC(=O)c1ccc2c(c1)nc(SCC(=O)Nc1cc([N+](=O)[O-])ccc1Cl)n2CC. The summed E-state index contributed by atoms with van der Waals surface area (Å²) < 4.78 is 6.96. The van der Waals surface area contributed by atoms with Gasteiger partial charge in [0, 0.05) is 18.7 Å². The zero-order valence-corrected chi connectivity index (χ0v) is 18.3. The fourth-order valence-electron chi connectivity index (χ4n) is 2.90. The number of amides is 1. The summed E-state index contributed by atoms with van der Waals surface area (Å²) in [5.41, 5.74) is 1.86. The van der Waals surface area contributed by atoms with Crippen molar-refractivity contribution in [3.63, 3.8) is 0 Å². The van der Waals surface area contributed by atoms with Crippen molar-refractivity contribution in [3.8, 4) is 0 Å². The molecule has 0 saturated heterocycles. The number of aryl methyl sites for hydroxylation is 1. The molecule has 0 spiro atoms. The maximum absolute atomic E-state index is 12.4. The summed E-state index contributed by atoms with van der Waals surface area (Å²) in [6.45, 7) is 4.59. The number of carbonyl (C=O) groups excluding carboxylic acids is 2. The van der Waals surface area contributed by atoms with Crippen molar-refractivity contribution in [2.24, 2.45) is 0 Å². The van der Waals surface area contributed by atoms with E-state index in [9.17, 15) is 19.7 Å². The lowest BCUT2D eigenvalue weighted by Gasteiger charge is -2.08. The summed E-state index contributed by atoms with van der Waals surface area (Å²) in [7, 11) is 0. The number of nitro groups is 1. The third-order valence-electron chi connectivity index (χ3n) is 4.31. The first-order valence-corrected chi connectivity index (χ1v) is 10.7. The number of hydrogen-bond acceptors (Lipinski definition) is 7. The van der Waals surface area contributed by atoms with E-state index < -0.39 is 10.9 Å². The summed E-state index contributed by atoms with van der Waals surface area (Å²) in [6.07, 6.45) is 0. The quantitative estimate of drug-likeness (QED) is 0.226. The molecule has 9 nitrogen and oxygen atoms in total. The topological polar surface area (TPSA) is 116 Å². The Hall–Kier alpha value is -3.11. The Kier molecular flexibility index (Phi) is 7.13. The molecular formula is C20H19ClN4O5S. The van der Waals surface area contributed by atoms with Crippen molar-refractivity contribution in [2.45, 2.75) is 25.5 Å². The van der Waals surface area contributed by atoms with Gasteiger partial charge in [0.1, 0.15) is 0 Å². The number of imidazole rings is 1. The number of ether oxygens (including phenoxy) is 1. The minimum atomic E-state index is -0.561. The molecule has 162 valence electrons. The number of aromatic nitrogens is 2. The number of halogens is 1. The van der Waals surface area contributed by atoms with Crippen LogP contribution in [0.15, 0.2) is 41.6 Å². The van der Waals surface area contributed by atoms with E-state index in [0.29, 0.717) is 22.8 Å². The van der Waals surface area contributed by atoms with Gasteiger partial charge < -0.3 is 14.6 Å². The number of fused-ring (bicyclic) bond motifs is 1. The molecule has 1 aromatic heterocycles. The Labute approximate surface area is 186 Å². The lowest BCUT2D eigenvalue weighted by Crippen LogP contribution is -2.15. The van der Waals surface area contributed by atoms with Crippen LogP contribution >= 0.6 is 23.4 Å². The van der Waals surface area contributed by atoms with Gasteiger partial charge in [0.05, 0.1) is 44.6 Å². The van der Waals surface area contributed by atoms with Gasteiger partial charge in [-0.05, 0) is 38.1 Å². The van der Waals surface area contributed by atoms with Gasteiger partial charge in [0.2, 0.25) is 5.91 Å². The molecular weight excluding hydrogens is 444 g/mol. The van der Waals surface area contributed by atoms with Crippen LogP contribution in [0.5, 0.6) is 0 Å². The average Bonchev–Trinajstić information content (AvgIpc) is 3.10. The maximum atomic E-state index is 12.4. The highest BCUT2D eigenvalue weighted by atomic mass is 35.5. The van der Waals surface area contributed by atoms with E-state index in [2.05, 4.69) is 10.3 Å². The van der Waals surface area contributed by atoms with Crippen LogP contribution in [0.1, 0.15) is 24.2 Å². The van der Waals surface area contributed by atoms with E-state index in [1.165, 1.54) is 30.0 Å². The zero-order valence-electron chi connectivity index (χ0n) is 16.8. The number of nitrogens with zero attached hydrogens (tertiary/aromatic N) is 3. The highest BCUT2D eigenvalue weighted by Crippen LogP contribution is 2.28. The highest BCUT2D eigenvalue weighted by molar-refractivity contribution is 7.99. The molecule has 3 rings (SSSR count). The molecule has 0 bridgehead atoms. The number of rotatable bonds is 8. The molecule has 3 aromatic rings. The summed E-state index contributed by atoms with van der Waals surface area (Å²) in [5, 5.41) is 14.3. The van der Waals surface area contributed by atoms with Crippen LogP contribution in [0.25, 0.3) is 11.0 Å². The molecule has 31 heavy (non-hydrogen) atoms. The van der Waals surface area contributed by atoms with Gasteiger partial charge in [-0.2, -0.15) is 0 Å². The molecule has 2 aromatic carbocycles. The molecule has 0 aliphatic rings. The third-order valence-corrected chi connectivity index (χ3v) is 5.61. The van der Waals surface area contributed by atoms with E-state index in [1.54, 1.807) is 25.1 Å². The van der Waals surface area contributed by atoms with Gasteiger partial charge in [-0.3, -0.25) is 14.9 Å². The Morgan fingerprint density at radius 3 is 2.71 bits per heavy atom. The van der Waals surface area contributed by atoms with E-state index in [-0.39, 0.29) is 34.7 Å². The molecule has 0 atom stereocenters.